The Morgan fingerprint density at radius 1 is 1.53 bits per heavy atom. The third-order valence-corrected chi connectivity index (χ3v) is 2.89. The zero-order valence-electron chi connectivity index (χ0n) is 10.1. The number of para-hydroxylation sites is 1. The molecule has 0 saturated carbocycles. The smallest absolute Gasteiger partial charge is 0.242 e. The van der Waals surface area contributed by atoms with Crippen molar-refractivity contribution in [3.8, 4) is 5.75 Å². The maximum Gasteiger partial charge on any atom is 0.242 e. The van der Waals surface area contributed by atoms with E-state index >= 15 is 0 Å². The first-order valence-corrected chi connectivity index (χ1v) is 5.88. The standard InChI is InChI=1S/C12H13N5O2/c13-12-14-7-17(16-12)5-11(18)15-9-6-19-10-4-2-1-3-8(9)10/h1-4,7,9H,5-6H2,(H2,13,16)(H,15,18). The van der Waals surface area contributed by atoms with Crippen LogP contribution < -0.4 is 15.8 Å². The van der Waals surface area contributed by atoms with Gasteiger partial charge in [0.15, 0.2) is 0 Å². The Morgan fingerprint density at radius 3 is 3.16 bits per heavy atom. The largest absolute Gasteiger partial charge is 0.491 e. The molecule has 1 aliphatic heterocycles. The molecule has 7 heteroatoms. The molecule has 0 bridgehead atoms. The zero-order chi connectivity index (χ0) is 13.2. The molecule has 0 aliphatic carbocycles. The lowest BCUT2D eigenvalue weighted by Gasteiger charge is -2.11. The fraction of sp³-hybridized carbons (Fsp3) is 0.250. The van der Waals surface area contributed by atoms with E-state index in [0.717, 1.165) is 11.3 Å². The molecule has 3 N–H and O–H groups in total. The van der Waals surface area contributed by atoms with Crippen molar-refractivity contribution in [1.82, 2.24) is 20.1 Å². The summed E-state index contributed by atoms with van der Waals surface area (Å²) in [6.45, 7) is 0.535. The molecule has 0 radical (unpaired) electrons. The van der Waals surface area contributed by atoms with Gasteiger partial charge in [0.1, 0.15) is 25.2 Å². The van der Waals surface area contributed by atoms with Gasteiger partial charge in [0.25, 0.3) is 0 Å². The van der Waals surface area contributed by atoms with Gasteiger partial charge in [-0.2, -0.15) is 0 Å². The number of carbonyl (C=O) groups is 1. The molecule has 2 aromatic rings. The molecule has 0 fully saturated rings. The average molecular weight is 259 g/mol. The third kappa shape index (κ3) is 2.35. The Hall–Kier alpha value is -2.57. The maximum atomic E-state index is 11.9. The summed E-state index contributed by atoms with van der Waals surface area (Å²) in [6.07, 6.45) is 1.42. The number of ether oxygens (including phenoxy) is 1. The summed E-state index contributed by atoms with van der Waals surface area (Å²) in [5, 5.41) is 6.76. The van der Waals surface area contributed by atoms with Crippen LogP contribution in [0.4, 0.5) is 5.95 Å². The Morgan fingerprint density at radius 2 is 2.37 bits per heavy atom. The number of nitrogens with zero attached hydrogens (tertiary/aromatic N) is 3. The summed E-state index contributed by atoms with van der Waals surface area (Å²) >= 11 is 0. The second kappa shape index (κ2) is 4.60. The SMILES string of the molecule is Nc1ncn(CC(=O)NC2COc3ccccc32)n1. The lowest BCUT2D eigenvalue weighted by molar-refractivity contribution is -0.122. The monoisotopic (exact) mass is 259 g/mol. The van der Waals surface area contributed by atoms with Gasteiger partial charge in [0, 0.05) is 5.56 Å². The van der Waals surface area contributed by atoms with E-state index in [-0.39, 0.29) is 24.4 Å². The molecule has 98 valence electrons. The molecule has 2 heterocycles. The van der Waals surface area contributed by atoms with Crippen molar-refractivity contribution in [1.29, 1.82) is 0 Å². The summed E-state index contributed by atoms with van der Waals surface area (Å²) in [4.78, 5) is 15.7. The number of benzene rings is 1. The van der Waals surface area contributed by atoms with E-state index in [1.807, 2.05) is 24.3 Å². The van der Waals surface area contributed by atoms with Gasteiger partial charge in [-0.1, -0.05) is 18.2 Å². The second-order valence-electron chi connectivity index (χ2n) is 4.27. The van der Waals surface area contributed by atoms with Crippen molar-refractivity contribution in [2.75, 3.05) is 12.3 Å². The summed E-state index contributed by atoms with van der Waals surface area (Å²) in [6, 6.07) is 7.54. The molecule has 7 nitrogen and oxygen atoms in total. The van der Waals surface area contributed by atoms with E-state index < -0.39 is 0 Å². The molecule has 0 spiro atoms. The molecule has 1 amide bonds. The Balaban J connectivity index is 1.65. The molecular formula is C12H13N5O2. The molecule has 3 rings (SSSR count). The van der Waals surface area contributed by atoms with Crippen molar-refractivity contribution in [2.24, 2.45) is 0 Å². The molecule has 1 unspecified atom stereocenters. The predicted molar refractivity (Wildman–Crippen MR) is 67.3 cm³/mol. The number of anilines is 1. The fourth-order valence-electron chi connectivity index (χ4n) is 2.05. The minimum absolute atomic E-state index is 0.0862. The molecule has 1 atom stereocenters. The van der Waals surface area contributed by atoms with E-state index in [1.54, 1.807) is 0 Å². The number of nitrogens with two attached hydrogens (primary N) is 1. The van der Waals surface area contributed by atoms with Crippen LogP contribution in [-0.4, -0.2) is 27.3 Å². The van der Waals surface area contributed by atoms with Crippen LogP contribution in [0.1, 0.15) is 11.6 Å². The van der Waals surface area contributed by atoms with Gasteiger partial charge in [-0.25, -0.2) is 9.67 Å². The van der Waals surface area contributed by atoms with Gasteiger partial charge in [-0.3, -0.25) is 4.79 Å². The number of carbonyl (C=O) groups excluding carboxylic acids is 1. The van der Waals surface area contributed by atoms with Crippen LogP contribution in [0.25, 0.3) is 0 Å². The molecule has 1 aromatic heterocycles. The van der Waals surface area contributed by atoms with Crippen LogP contribution in [0, 0.1) is 0 Å². The minimum Gasteiger partial charge on any atom is -0.491 e. The Bertz CT molecular complexity index is 610. The van der Waals surface area contributed by atoms with Crippen LogP contribution in [0.2, 0.25) is 0 Å². The van der Waals surface area contributed by atoms with Gasteiger partial charge in [0.05, 0.1) is 6.04 Å². The van der Waals surface area contributed by atoms with Gasteiger partial charge in [0.2, 0.25) is 11.9 Å². The van der Waals surface area contributed by atoms with E-state index in [1.165, 1.54) is 11.0 Å². The number of amides is 1. The minimum atomic E-state index is -0.157. The molecule has 19 heavy (non-hydrogen) atoms. The van der Waals surface area contributed by atoms with Gasteiger partial charge >= 0.3 is 0 Å². The van der Waals surface area contributed by atoms with Crippen LogP contribution >= 0.6 is 0 Å². The number of rotatable bonds is 3. The van der Waals surface area contributed by atoms with Gasteiger partial charge < -0.3 is 15.8 Å². The van der Waals surface area contributed by atoms with Crippen molar-refractivity contribution in [2.45, 2.75) is 12.6 Å². The predicted octanol–water partition coefficient (Wildman–Crippen LogP) is 0.110. The van der Waals surface area contributed by atoms with Crippen LogP contribution in [0.5, 0.6) is 5.75 Å². The maximum absolute atomic E-state index is 11.9. The summed E-state index contributed by atoms with van der Waals surface area (Å²) in [5.41, 5.74) is 6.38. The lowest BCUT2D eigenvalue weighted by atomic mass is 10.1. The van der Waals surface area contributed by atoms with Crippen LogP contribution in [0.3, 0.4) is 0 Å². The highest BCUT2D eigenvalue weighted by Crippen LogP contribution is 2.31. The van der Waals surface area contributed by atoms with E-state index in [9.17, 15) is 4.79 Å². The highest BCUT2D eigenvalue weighted by atomic mass is 16.5. The number of fused-ring (bicyclic) bond motifs is 1. The number of nitrogens with one attached hydrogen (secondary N) is 1. The van der Waals surface area contributed by atoms with Crippen molar-refractivity contribution < 1.29 is 9.53 Å². The van der Waals surface area contributed by atoms with E-state index in [0.29, 0.717) is 6.61 Å². The Labute approximate surface area is 109 Å². The third-order valence-electron chi connectivity index (χ3n) is 2.89. The van der Waals surface area contributed by atoms with Gasteiger partial charge in [-0.15, -0.1) is 5.10 Å². The first-order chi connectivity index (χ1) is 9.22. The van der Waals surface area contributed by atoms with E-state index in [2.05, 4.69) is 15.4 Å². The number of hydrogen-bond donors (Lipinski definition) is 2. The lowest BCUT2D eigenvalue weighted by Crippen LogP contribution is -2.32. The quantitative estimate of drug-likeness (QED) is 0.815. The average Bonchev–Trinajstić information content (AvgIpc) is 2.97. The first kappa shape index (κ1) is 11.5. The first-order valence-electron chi connectivity index (χ1n) is 5.88. The van der Waals surface area contributed by atoms with Crippen molar-refractivity contribution >= 4 is 11.9 Å². The van der Waals surface area contributed by atoms with E-state index in [4.69, 9.17) is 10.5 Å². The number of aromatic nitrogens is 3. The summed E-state index contributed by atoms with van der Waals surface area (Å²) in [5.74, 6) is 0.815. The van der Waals surface area contributed by atoms with Crippen LogP contribution in [-0.2, 0) is 11.3 Å². The van der Waals surface area contributed by atoms with Crippen molar-refractivity contribution in [3.63, 3.8) is 0 Å². The molecule has 0 saturated heterocycles. The number of nitrogen functional groups attached to an aromatic ring is 1. The topological polar surface area (TPSA) is 95.1 Å². The normalized spacial score (nSPS) is 16.7. The van der Waals surface area contributed by atoms with Crippen molar-refractivity contribution in [3.05, 3.63) is 36.2 Å². The highest BCUT2D eigenvalue weighted by molar-refractivity contribution is 5.76. The molecule has 1 aromatic carbocycles. The Kier molecular flexibility index (Phi) is 2.79. The summed E-state index contributed by atoms with van der Waals surface area (Å²) in [7, 11) is 0. The molecule has 1 aliphatic rings. The fourth-order valence-corrected chi connectivity index (χ4v) is 2.05. The zero-order valence-corrected chi connectivity index (χ0v) is 10.1. The molecular weight excluding hydrogens is 246 g/mol. The second-order valence-corrected chi connectivity index (χ2v) is 4.27. The number of hydrogen-bond acceptors (Lipinski definition) is 5. The summed E-state index contributed by atoms with van der Waals surface area (Å²) < 4.78 is 6.89. The highest BCUT2D eigenvalue weighted by Gasteiger charge is 2.25. The van der Waals surface area contributed by atoms with Crippen LogP contribution in [0.15, 0.2) is 30.6 Å². The van der Waals surface area contributed by atoms with Gasteiger partial charge in [-0.05, 0) is 6.07 Å².